The van der Waals surface area contributed by atoms with E-state index in [1.807, 2.05) is 6.92 Å². The molecule has 5 heteroatoms. The summed E-state index contributed by atoms with van der Waals surface area (Å²) in [6.45, 7) is 2.09. The lowest BCUT2D eigenvalue weighted by molar-refractivity contribution is 0.0784. The molecule has 0 atom stereocenters. The van der Waals surface area contributed by atoms with Gasteiger partial charge in [-0.05, 0) is 36.8 Å². The number of benzene rings is 2. The molecule has 0 spiro atoms. The minimum atomic E-state index is -0.309. The van der Waals surface area contributed by atoms with Crippen molar-refractivity contribution >= 4 is 11.6 Å². The molecule has 0 bridgehead atoms. The maximum absolute atomic E-state index is 13.6. The number of hydrogen-bond acceptors (Lipinski definition) is 3. The smallest absolute Gasteiger partial charge is 0.253 e. The van der Waals surface area contributed by atoms with Crippen LogP contribution in [0.2, 0.25) is 0 Å². The van der Waals surface area contributed by atoms with Crippen LogP contribution >= 0.6 is 0 Å². The number of rotatable bonds is 4. The highest BCUT2D eigenvalue weighted by Gasteiger charge is 2.14. The van der Waals surface area contributed by atoms with Crippen LogP contribution in [0, 0.1) is 12.7 Å². The van der Waals surface area contributed by atoms with Crippen molar-refractivity contribution in [3.63, 3.8) is 0 Å². The van der Waals surface area contributed by atoms with Crippen molar-refractivity contribution in [2.45, 2.75) is 13.5 Å². The van der Waals surface area contributed by atoms with Crippen molar-refractivity contribution < 1.29 is 9.18 Å². The molecule has 3 N–H and O–H groups in total. The molecule has 0 aliphatic heterocycles. The molecule has 0 saturated heterocycles. The minimum Gasteiger partial charge on any atom is -0.337 e. The first-order valence-corrected chi connectivity index (χ1v) is 6.59. The molecule has 21 heavy (non-hydrogen) atoms. The number of halogens is 1. The van der Waals surface area contributed by atoms with E-state index in [9.17, 15) is 9.18 Å². The van der Waals surface area contributed by atoms with Gasteiger partial charge in [0.05, 0.1) is 5.69 Å². The van der Waals surface area contributed by atoms with Gasteiger partial charge < -0.3 is 10.3 Å². The third-order valence-electron chi connectivity index (χ3n) is 3.34. The minimum absolute atomic E-state index is 0.162. The van der Waals surface area contributed by atoms with Crippen LogP contribution in [0.5, 0.6) is 0 Å². The molecular formula is C16H18FN3O. The first-order valence-electron chi connectivity index (χ1n) is 6.59. The average Bonchev–Trinajstić information content (AvgIpc) is 2.48. The molecule has 2 rings (SSSR count). The van der Waals surface area contributed by atoms with Gasteiger partial charge in [-0.1, -0.05) is 18.2 Å². The van der Waals surface area contributed by atoms with Crippen LogP contribution in [0.25, 0.3) is 0 Å². The quantitative estimate of drug-likeness (QED) is 0.671. The van der Waals surface area contributed by atoms with E-state index in [0.29, 0.717) is 11.1 Å². The normalized spacial score (nSPS) is 10.3. The van der Waals surface area contributed by atoms with Crippen molar-refractivity contribution in [2.75, 3.05) is 12.5 Å². The van der Waals surface area contributed by atoms with E-state index in [1.165, 1.54) is 11.0 Å². The Kier molecular flexibility index (Phi) is 4.55. The third-order valence-corrected chi connectivity index (χ3v) is 3.34. The molecule has 0 heterocycles. The number of nitrogens with one attached hydrogen (secondary N) is 1. The summed E-state index contributed by atoms with van der Waals surface area (Å²) in [5.41, 5.74) is 5.25. The van der Waals surface area contributed by atoms with Crippen LogP contribution in [-0.4, -0.2) is 17.9 Å². The molecule has 0 aromatic heterocycles. The van der Waals surface area contributed by atoms with Gasteiger partial charge in [-0.3, -0.25) is 10.6 Å². The van der Waals surface area contributed by atoms with E-state index in [1.54, 1.807) is 43.4 Å². The van der Waals surface area contributed by atoms with Gasteiger partial charge in [-0.25, -0.2) is 4.39 Å². The lowest BCUT2D eigenvalue weighted by Crippen LogP contribution is -2.26. The van der Waals surface area contributed by atoms with Crippen LogP contribution < -0.4 is 11.3 Å². The van der Waals surface area contributed by atoms with Crippen molar-refractivity contribution in [3.8, 4) is 0 Å². The molecule has 0 fully saturated rings. The maximum Gasteiger partial charge on any atom is 0.253 e. The molecule has 0 aliphatic rings. The molecule has 1 amide bonds. The lowest BCUT2D eigenvalue weighted by atomic mass is 10.1. The van der Waals surface area contributed by atoms with Gasteiger partial charge in [0.25, 0.3) is 5.91 Å². The van der Waals surface area contributed by atoms with Gasteiger partial charge in [0.1, 0.15) is 5.82 Å². The Morgan fingerprint density at radius 2 is 2.00 bits per heavy atom. The number of nitrogen functional groups attached to an aromatic ring is 1. The molecular weight excluding hydrogens is 269 g/mol. The van der Waals surface area contributed by atoms with E-state index >= 15 is 0 Å². The van der Waals surface area contributed by atoms with Gasteiger partial charge >= 0.3 is 0 Å². The Bertz CT molecular complexity index is 658. The monoisotopic (exact) mass is 287 g/mol. The van der Waals surface area contributed by atoms with Crippen LogP contribution in [0.3, 0.4) is 0 Å². The predicted molar refractivity (Wildman–Crippen MR) is 81.2 cm³/mol. The second-order valence-electron chi connectivity index (χ2n) is 4.93. The van der Waals surface area contributed by atoms with Crippen molar-refractivity contribution in [1.82, 2.24) is 4.90 Å². The maximum atomic E-state index is 13.6. The molecule has 0 aliphatic carbocycles. The van der Waals surface area contributed by atoms with Gasteiger partial charge in [-0.2, -0.15) is 0 Å². The number of anilines is 1. The summed E-state index contributed by atoms with van der Waals surface area (Å²) >= 11 is 0. The highest BCUT2D eigenvalue weighted by Crippen LogP contribution is 2.17. The van der Waals surface area contributed by atoms with Crippen molar-refractivity contribution in [2.24, 2.45) is 5.84 Å². The molecule has 4 nitrogen and oxygen atoms in total. The van der Waals surface area contributed by atoms with E-state index in [-0.39, 0.29) is 18.3 Å². The van der Waals surface area contributed by atoms with E-state index < -0.39 is 0 Å². The number of hydrazine groups is 1. The van der Waals surface area contributed by atoms with E-state index in [2.05, 4.69) is 5.43 Å². The Hall–Kier alpha value is -2.40. The zero-order valence-electron chi connectivity index (χ0n) is 12.1. The summed E-state index contributed by atoms with van der Waals surface area (Å²) < 4.78 is 13.6. The summed E-state index contributed by atoms with van der Waals surface area (Å²) in [6, 6.07) is 11.6. The summed E-state index contributed by atoms with van der Waals surface area (Å²) in [5, 5.41) is 0. The number of carbonyl (C=O) groups is 1. The first-order chi connectivity index (χ1) is 10.0. The van der Waals surface area contributed by atoms with E-state index in [0.717, 1.165) is 11.3 Å². The molecule has 0 radical (unpaired) electrons. The number of aryl methyl sites for hydroxylation is 1. The van der Waals surface area contributed by atoms with Crippen molar-refractivity contribution in [1.29, 1.82) is 0 Å². The van der Waals surface area contributed by atoms with Crippen LogP contribution in [0.1, 0.15) is 21.5 Å². The summed E-state index contributed by atoms with van der Waals surface area (Å²) in [7, 11) is 1.65. The largest absolute Gasteiger partial charge is 0.337 e. The van der Waals surface area contributed by atoms with Crippen molar-refractivity contribution in [3.05, 3.63) is 65.0 Å². The summed E-state index contributed by atoms with van der Waals surface area (Å²) in [4.78, 5) is 13.9. The number of nitrogens with zero attached hydrogens (tertiary/aromatic N) is 1. The SMILES string of the molecule is Cc1cc(C(=O)N(C)Cc2ccccc2F)ccc1NN. The van der Waals surface area contributed by atoms with Gasteiger partial charge in [0.15, 0.2) is 0 Å². The lowest BCUT2D eigenvalue weighted by Gasteiger charge is -2.18. The fourth-order valence-electron chi connectivity index (χ4n) is 2.13. The molecule has 110 valence electrons. The number of nitrogens with two attached hydrogens (primary N) is 1. The highest BCUT2D eigenvalue weighted by atomic mass is 19.1. The summed E-state index contributed by atoms with van der Waals surface area (Å²) in [5.74, 6) is 4.90. The van der Waals surface area contributed by atoms with Gasteiger partial charge in [0.2, 0.25) is 0 Å². The van der Waals surface area contributed by atoms with Gasteiger partial charge in [-0.15, -0.1) is 0 Å². The third kappa shape index (κ3) is 3.38. The topological polar surface area (TPSA) is 58.4 Å². The number of amides is 1. The Labute approximate surface area is 123 Å². The van der Waals surface area contributed by atoms with Crippen LogP contribution in [-0.2, 0) is 6.54 Å². The molecule has 2 aromatic carbocycles. The number of carbonyl (C=O) groups excluding carboxylic acids is 1. The Balaban J connectivity index is 2.16. The fourth-order valence-corrected chi connectivity index (χ4v) is 2.13. The van der Waals surface area contributed by atoms with Crippen LogP contribution in [0.4, 0.5) is 10.1 Å². The Morgan fingerprint density at radius 3 is 2.62 bits per heavy atom. The molecule has 0 saturated carbocycles. The molecule has 0 unspecified atom stereocenters. The molecule has 2 aromatic rings. The standard InChI is InChI=1S/C16H18FN3O/c1-11-9-12(7-8-15(11)19-18)16(21)20(2)10-13-5-3-4-6-14(13)17/h3-9,19H,10,18H2,1-2H3. The Morgan fingerprint density at radius 1 is 1.29 bits per heavy atom. The summed E-state index contributed by atoms with van der Waals surface area (Å²) in [6.07, 6.45) is 0. The second-order valence-corrected chi connectivity index (χ2v) is 4.93. The fraction of sp³-hybridized carbons (Fsp3) is 0.188. The number of hydrogen-bond donors (Lipinski definition) is 2. The van der Waals surface area contributed by atoms with Crippen LogP contribution in [0.15, 0.2) is 42.5 Å². The van der Waals surface area contributed by atoms with E-state index in [4.69, 9.17) is 5.84 Å². The predicted octanol–water partition coefficient (Wildman–Crippen LogP) is 2.69. The highest BCUT2D eigenvalue weighted by molar-refractivity contribution is 5.94. The average molecular weight is 287 g/mol. The van der Waals surface area contributed by atoms with Gasteiger partial charge in [0, 0.05) is 24.7 Å². The second kappa shape index (κ2) is 6.37. The zero-order valence-corrected chi connectivity index (χ0v) is 12.1. The zero-order chi connectivity index (χ0) is 15.4. The first kappa shape index (κ1) is 15.0.